The standard InChI is InChI=1S/C16H16F3NO/c1-11(10-12-6-8-13(21)9-7-12)20-15-5-3-2-4-14(15)16(17,18)19/h2-9,11,20-21H,10H2,1H3. The maximum Gasteiger partial charge on any atom is 0.418 e. The van der Waals surface area contributed by atoms with E-state index in [4.69, 9.17) is 0 Å². The number of rotatable bonds is 4. The van der Waals surface area contributed by atoms with Crippen molar-refractivity contribution in [2.24, 2.45) is 0 Å². The van der Waals surface area contributed by atoms with Gasteiger partial charge in [0, 0.05) is 11.7 Å². The SMILES string of the molecule is CC(Cc1ccc(O)cc1)Nc1ccccc1C(F)(F)F. The van der Waals surface area contributed by atoms with Crippen LogP contribution in [0.4, 0.5) is 18.9 Å². The van der Waals surface area contributed by atoms with E-state index >= 15 is 0 Å². The third kappa shape index (κ3) is 4.15. The predicted molar refractivity (Wildman–Crippen MR) is 76.3 cm³/mol. The lowest BCUT2D eigenvalue weighted by Gasteiger charge is -2.19. The molecule has 0 spiro atoms. The van der Waals surface area contributed by atoms with Crippen LogP contribution in [0.1, 0.15) is 18.1 Å². The van der Waals surface area contributed by atoms with Gasteiger partial charge in [0.1, 0.15) is 5.75 Å². The number of nitrogens with one attached hydrogen (secondary N) is 1. The zero-order chi connectivity index (χ0) is 15.5. The fourth-order valence-electron chi connectivity index (χ4n) is 2.16. The number of para-hydroxylation sites is 1. The second kappa shape index (κ2) is 6.08. The average Bonchev–Trinajstić information content (AvgIpc) is 2.41. The molecule has 1 atom stereocenters. The molecule has 0 heterocycles. The van der Waals surface area contributed by atoms with Crippen LogP contribution in [0.5, 0.6) is 5.75 Å². The van der Waals surface area contributed by atoms with Crippen molar-refractivity contribution in [1.29, 1.82) is 0 Å². The minimum absolute atomic E-state index is 0.0799. The minimum atomic E-state index is -4.37. The maximum absolute atomic E-state index is 12.9. The van der Waals surface area contributed by atoms with E-state index in [1.54, 1.807) is 30.3 Å². The summed E-state index contributed by atoms with van der Waals surface area (Å²) in [5, 5.41) is 12.1. The van der Waals surface area contributed by atoms with Gasteiger partial charge in [0.2, 0.25) is 0 Å². The Hall–Kier alpha value is -2.17. The Balaban J connectivity index is 2.09. The summed E-state index contributed by atoms with van der Waals surface area (Å²) in [7, 11) is 0. The van der Waals surface area contributed by atoms with Crippen molar-refractivity contribution in [3.05, 3.63) is 59.7 Å². The summed E-state index contributed by atoms with van der Waals surface area (Å²) in [6, 6.07) is 11.9. The van der Waals surface area contributed by atoms with Gasteiger partial charge in [-0.05, 0) is 43.2 Å². The Morgan fingerprint density at radius 2 is 1.67 bits per heavy atom. The zero-order valence-electron chi connectivity index (χ0n) is 11.5. The first-order valence-electron chi connectivity index (χ1n) is 6.57. The molecule has 0 saturated carbocycles. The van der Waals surface area contributed by atoms with Gasteiger partial charge in [-0.15, -0.1) is 0 Å². The molecule has 2 aromatic carbocycles. The summed E-state index contributed by atoms with van der Waals surface area (Å²) < 4.78 is 38.7. The molecule has 0 saturated heterocycles. The number of hydrogen-bond donors (Lipinski definition) is 2. The molecular formula is C16H16F3NO. The number of halogens is 3. The van der Waals surface area contributed by atoms with E-state index in [0.717, 1.165) is 11.6 Å². The number of alkyl halides is 3. The van der Waals surface area contributed by atoms with Crippen molar-refractivity contribution in [2.75, 3.05) is 5.32 Å². The molecule has 0 aliphatic carbocycles. The number of hydrogen-bond acceptors (Lipinski definition) is 2. The Labute approximate surface area is 121 Å². The van der Waals surface area contributed by atoms with Crippen LogP contribution in [0.25, 0.3) is 0 Å². The smallest absolute Gasteiger partial charge is 0.418 e. The molecule has 2 nitrogen and oxygen atoms in total. The second-order valence-electron chi connectivity index (χ2n) is 4.96. The Kier molecular flexibility index (Phi) is 4.40. The van der Waals surface area contributed by atoms with Crippen LogP contribution < -0.4 is 5.32 Å². The Morgan fingerprint density at radius 1 is 1.05 bits per heavy atom. The lowest BCUT2D eigenvalue weighted by atomic mass is 10.1. The highest BCUT2D eigenvalue weighted by Crippen LogP contribution is 2.34. The van der Waals surface area contributed by atoms with E-state index in [2.05, 4.69) is 5.32 Å². The van der Waals surface area contributed by atoms with E-state index in [1.807, 2.05) is 6.92 Å². The van der Waals surface area contributed by atoms with Gasteiger partial charge < -0.3 is 10.4 Å². The Bertz CT molecular complexity index is 593. The summed E-state index contributed by atoms with van der Waals surface area (Å²) in [6.45, 7) is 1.82. The summed E-state index contributed by atoms with van der Waals surface area (Å²) in [5.74, 6) is 0.168. The van der Waals surface area contributed by atoms with E-state index < -0.39 is 11.7 Å². The fraction of sp³-hybridized carbons (Fsp3) is 0.250. The van der Waals surface area contributed by atoms with Crippen molar-refractivity contribution >= 4 is 5.69 Å². The first-order valence-corrected chi connectivity index (χ1v) is 6.57. The first-order chi connectivity index (χ1) is 9.86. The van der Waals surface area contributed by atoms with Gasteiger partial charge >= 0.3 is 6.18 Å². The van der Waals surface area contributed by atoms with Gasteiger partial charge in [0.15, 0.2) is 0 Å². The number of phenolic OH excluding ortho intramolecular Hbond substituents is 1. The highest BCUT2D eigenvalue weighted by atomic mass is 19.4. The van der Waals surface area contributed by atoms with Crippen LogP contribution in [0, 0.1) is 0 Å². The second-order valence-corrected chi connectivity index (χ2v) is 4.96. The van der Waals surface area contributed by atoms with Crippen LogP contribution in [-0.4, -0.2) is 11.1 Å². The topological polar surface area (TPSA) is 32.3 Å². The van der Waals surface area contributed by atoms with Crippen molar-refractivity contribution in [3.63, 3.8) is 0 Å². The maximum atomic E-state index is 12.9. The number of benzene rings is 2. The zero-order valence-corrected chi connectivity index (χ0v) is 11.5. The molecule has 2 rings (SSSR count). The monoisotopic (exact) mass is 295 g/mol. The number of aromatic hydroxyl groups is 1. The lowest BCUT2D eigenvalue weighted by Crippen LogP contribution is -2.20. The van der Waals surface area contributed by atoms with E-state index in [-0.39, 0.29) is 17.5 Å². The number of phenols is 1. The molecule has 0 radical (unpaired) electrons. The largest absolute Gasteiger partial charge is 0.508 e. The molecule has 0 fully saturated rings. The van der Waals surface area contributed by atoms with Gasteiger partial charge in [-0.25, -0.2) is 0 Å². The normalized spacial score (nSPS) is 13.0. The van der Waals surface area contributed by atoms with Crippen molar-refractivity contribution in [1.82, 2.24) is 0 Å². The first kappa shape index (κ1) is 15.2. The summed E-state index contributed by atoms with van der Waals surface area (Å²) in [4.78, 5) is 0. The molecule has 0 bridgehead atoms. The van der Waals surface area contributed by atoms with Gasteiger partial charge in [-0.2, -0.15) is 13.2 Å². The molecule has 2 aromatic rings. The Morgan fingerprint density at radius 3 is 2.29 bits per heavy atom. The molecule has 112 valence electrons. The molecular weight excluding hydrogens is 279 g/mol. The van der Waals surface area contributed by atoms with Crippen LogP contribution in [0.3, 0.4) is 0 Å². The van der Waals surface area contributed by atoms with Crippen LogP contribution >= 0.6 is 0 Å². The molecule has 0 amide bonds. The van der Waals surface area contributed by atoms with Crippen molar-refractivity contribution in [2.45, 2.75) is 25.6 Å². The summed E-state index contributed by atoms with van der Waals surface area (Å²) in [6.07, 6.45) is -3.81. The minimum Gasteiger partial charge on any atom is -0.508 e. The van der Waals surface area contributed by atoms with E-state index in [0.29, 0.717) is 6.42 Å². The molecule has 1 unspecified atom stereocenters. The highest BCUT2D eigenvalue weighted by molar-refractivity contribution is 5.53. The molecule has 0 aliphatic heterocycles. The molecule has 2 N–H and O–H groups in total. The van der Waals surface area contributed by atoms with Gasteiger partial charge in [0.05, 0.1) is 5.56 Å². The van der Waals surface area contributed by atoms with Crippen LogP contribution in [-0.2, 0) is 12.6 Å². The van der Waals surface area contributed by atoms with Crippen molar-refractivity contribution < 1.29 is 18.3 Å². The highest BCUT2D eigenvalue weighted by Gasteiger charge is 2.33. The van der Waals surface area contributed by atoms with Gasteiger partial charge in [0.25, 0.3) is 0 Å². The third-order valence-electron chi connectivity index (χ3n) is 3.11. The predicted octanol–water partition coefficient (Wildman–Crippen LogP) is 4.45. The number of anilines is 1. The molecule has 0 aromatic heterocycles. The van der Waals surface area contributed by atoms with Gasteiger partial charge in [-0.1, -0.05) is 24.3 Å². The van der Waals surface area contributed by atoms with E-state index in [9.17, 15) is 18.3 Å². The van der Waals surface area contributed by atoms with Gasteiger partial charge in [-0.3, -0.25) is 0 Å². The fourth-order valence-corrected chi connectivity index (χ4v) is 2.16. The summed E-state index contributed by atoms with van der Waals surface area (Å²) >= 11 is 0. The lowest BCUT2D eigenvalue weighted by molar-refractivity contribution is -0.137. The van der Waals surface area contributed by atoms with Crippen LogP contribution in [0.2, 0.25) is 0 Å². The molecule has 5 heteroatoms. The van der Waals surface area contributed by atoms with Crippen molar-refractivity contribution in [3.8, 4) is 5.75 Å². The van der Waals surface area contributed by atoms with E-state index in [1.165, 1.54) is 12.1 Å². The average molecular weight is 295 g/mol. The quantitative estimate of drug-likeness (QED) is 0.873. The third-order valence-corrected chi connectivity index (χ3v) is 3.11. The molecule has 21 heavy (non-hydrogen) atoms. The molecule has 0 aliphatic rings. The van der Waals surface area contributed by atoms with Crippen LogP contribution in [0.15, 0.2) is 48.5 Å². The summed E-state index contributed by atoms with van der Waals surface area (Å²) in [5.41, 5.74) is 0.358.